The Morgan fingerprint density at radius 1 is 1.31 bits per heavy atom. The second kappa shape index (κ2) is 6.24. The molecule has 16 heavy (non-hydrogen) atoms. The van der Waals surface area contributed by atoms with Crippen molar-refractivity contribution < 1.29 is 9.47 Å². The van der Waals surface area contributed by atoms with Crippen molar-refractivity contribution in [1.82, 2.24) is 15.5 Å². The predicted molar refractivity (Wildman–Crippen MR) is 63.5 cm³/mol. The first kappa shape index (κ1) is 13.5. The number of nitrogens with one attached hydrogen (secondary N) is 1. The van der Waals surface area contributed by atoms with Crippen LogP contribution in [-0.4, -0.2) is 37.6 Å². The fourth-order valence-electron chi connectivity index (χ4n) is 1.03. The average molecular weight is 245 g/mol. The van der Waals surface area contributed by atoms with E-state index in [0.29, 0.717) is 6.61 Å². The van der Waals surface area contributed by atoms with Crippen molar-refractivity contribution in [2.45, 2.75) is 26.0 Å². The second-order valence-corrected chi connectivity index (χ2v) is 4.95. The van der Waals surface area contributed by atoms with Gasteiger partial charge in [-0.25, -0.2) is 0 Å². The summed E-state index contributed by atoms with van der Waals surface area (Å²) < 4.78 is 10.3. The molecule has 0 aliphatic heterocycles. The Hall–Kier alpha value is -0.560. The smallest absolute Gasteiger partial charge is 0.148 e. The summed E-state index contributed by atoms with van der Waals surface area (Å²) in [7, 11) is 3.36. The Balaban J connectivity index is 2.45. The van der Waals surface area contributed by atoms with Crippen LogP contribution in [0.25, 0.3) is 0 Å². The maximum absolute atomic E-state index is 5.35. The fraction of sp³-hybridized carbons (Fsp3) is 0.800. The van der Waals surface area contributed by atoms with Gasteiger partial charge in [-0.3, -0.25) is 0 Å². The summed E-state index contributed by atoms with van der Waals surface area (Å²) in [5.74, 6) is 0. The maximum atomic E-state index is 5.35. The number of nitrogens with zero attached hydrogens (tertiary/aromatic N) is 2. The number of aromatic nitrogens is 2. The van der Waals surface area contributed by atoms with Crippen LogP contribution in [0.2, 0.25) is 0 Å². The number of ether oxygens (including phenoxy) is 2. The van der Waals surface area contributed by atoms with Crippen molar-refractivity contribution in [1.29, 1.82) is 0 Å². The van der Waals surface area contributed by atoms with Gasteiger partial charge in [0.25, 0.3) is 0 Å². The number of hydrogen-bond acceptors (Lipinski definition) is 6. The van der Waals surface area contributed by atoms with Crippen LogP contribution in [0.5, 0.6) is 0 Å². The summed E-state index contributed by atoms with van der Waals surface area (Å²) in [5, 5.41) is 13.3. The molecule has 0 amide bonds. The minimum absolute atomic E-state index is 0.359. The second-order valence-electron chi connectivity index (χ2n) is 3.88. The normalized spacial score (nSPS) is 12.0. The third-order valence-corrected chi connectivity index (χ3v) is 3.48. The van der Waals surface area contributed by atoms with Crippen molar-refractivity contribution >= 4 is 11.3 Å². The molecule has 0 unspecified atom stereocenters. The first-order valence-corrected chi connectivity index (χ1v) is 5.99. The highest BCUT2D eigenvalue weighted by Gasteiger charge is 2.24. The molecule has 0 aliphatic rings. The molecule has 1 heterocycles. The van der Waals surface area contributed by atoms with E-state index in [1.165, 1.54) is 0 Å². The maximum Gasteiger partial charge on any atom is 0.148 e. The molecule has 0 spiro atoms. The van der Waals surface area contributed by atoms with Gasteiger partial charge in [-0.2, -0.15) is 0 Å². The number of hydrogen-bond donors (Lipinski definition) is 1. The van der Waals surface area contributed by atoms with Crippen LogP contribution in [0.3, 0.4) is 0 Å². The topological polar surface area (TPSA) is 56.3 Å². The van der Waals surface area contributed by atoms with Crippen LogP contribution in [0.1, 0.15) is 23.9 Å². The van der Waals surface area contributed by atoms with E-state index in [-0.39, 0.29) is 5.60 Å². The number of rotatable bonds is 7. The molecular formula is C10H19N3O2S. The van der Waals surface area contributed by atoms with Gasteiger partial charge in [0.05, 0.1) is 6.61 Å². The van der Waals surface area contributed by atoms with Crippen LogP contribution < -0.4 is 5.32 Å². The molecule has 0 bridgehead atoms. The predicted octanol–water partition coefficient (Wildman–Crippen LogP) is 1.16. The van der Waals surface area contributed by atoms with Crippen LogP contribution in [-0.2, 0) is 21.6 Å². The van der Waals surface area contributed by atoms with Gasteiger partial charge in [0.2, 0.25) is 0 Å². The highest BCUT2D eigenvalue weighted by molar-refractivity contribution is 7.11. The van der Waals surface area contributed by atoms with Gasteiger partial charge in [0.1, 0.15) is 15.6 Å². The van der Waals surface area contributed by atoms with E-state index in [9.17, 15) is 0 Å². The largest absolute Gasteiger partial charge is 0.383 e. The summed E-state index contributed by atoms with van der Waals surface area (Å²) in [6.45, 7) is 6.21. The molecule has 0 aliphatic carbocycles. The molecule has 92 valence electrons. The van der Waals surface area contributed by atoms with Crippen LogP contribution in [0, 0.1) is 0 Å². The average Bonchev–Trinajstić information content (AvgIpc) is 2.74. The first-order valence-electron chi connectivity index (χ1n) is 5.18. The van der Waals surface area contributed by atoms with Crippen molar-refractivity contribution in [3.05, 3.63) is 10.0 Å². The third kappa shape index (κ3) is 3.79. The lowest BCUT2D eigenvalue weighted by Gasteiger charge is -2.18. The molecule has 0 atom stereocenters. The van der Waals surface area contributed by atoms with Crippen LogP contribution >= 0.6 is 11.3 Å². The quantitative estimate of drug-likeness (QED) is 0.730. The standard InChI is InChI=1S/C10H19N3O2S/c1-10(2,15-4)9-13-12-8(16-9)7-11-5-6-14-3/h11H,5-7H2,1-4H3. The lowest BCUT2D eigenvalue weighted by molar-refractivity contribution is 0.0185. The highest BCUT2D eigenvalue weighted by Crippen LogP contribution is 2.26. The van der Waals surface area contributed by atoms with Gasteiger partial charge < -0.3 is 14.8 Å². The SMILES string of the molecule is COCCNCc1nnc(C(C)(C)OC)s1. The van der Waals surface area contributed by atoms with Crippen molar-refractivity contribution in [3.8, 4) is 0 Å². The third-order valence-electron chi connectivity index (χ3n) is 2.25. The Morgan fingerprint density at radius 3 is 2.69 bits per heavy atom. The van der Waals surface area contributed by atoms with Crippen LogP contribution in [0.15, 0.2) is 0 Å². The van der Waals surface area contributed by atoms with Crippen molar-refractivity contribution in [2.75, 3.05) is 27.4 Å². The van der Waals surface area contributed by atoms with E-state index < -0.39 is 0 Å². The van der Waals surface area contributed by atoms with Crippen molar-refractivity contribution in [2.24, 2.45) is 0 Å². The minimum atomic E-state index is -0.359. The van der Waals surface area contributed by atoms with E-state index in [1.54, 1.807) is 25.6 Å². The van der Waals surface area contributed by atoms with E-state index >= 15 is 0 Å². The highest BCUT2D eigenvalue weighted by atomic mass is 32.1. The molecule has 5 nitrogen and oxygen atoms in total. The van der Waals surface area contributed by atoms with E-state index in [2.05, 4.69) is 15.5 Å². The molecular weight excluding hydrogens is 226 g/mol. The molecule has 6 heteroatoms. The van der Waals surface area contributed by atoms with E-state index in [1.807, 2.05) is 13.8 Å². The Labute approximate surface area is 100 Å². The minimum Gasteiger partial charge on any atom is -0.383 e. The molecule has 0 radical (unpaired) electrons. The molecule has 0 saturated carbocycles. The van der Waals surface area contributed by atoms with Gasteiger partial charge in [0, 0.05) is 27.3 Å². The Morgan fingerprint density at radius 2 is 2.06 bits per heavy atom. The lowest BCUT2D eigenvalue weighted by Crippen LogP contribution is -2.19. The molecule has 1 rings (SSSR count). The zero-order chi connectivity index (χ0) is 12.0. The van der Waals surface area contributed by atoms with E-state index in [4.69, 9.17) is 9.47 Å². The Bertz CT molecular complexity index is 315. The molecule has 1 N–H and O–H groups in total. The van der Waals surface area contributed by atoms with E-state index in [0.717, 1.165) is 23.1 Å². The fourth-order valence-corrected chi connectivity index (χ4v) is 1.92. The van der Waals surface area contributed by atoms with Gasteiger partial charge in [-0.05, 0) is 13.8 Å². The van der Waals surface area contributed by atoms with Crippen molar-refractivity contribution in [3.63, 3.8) is 0 Å². The molecule has 0 saturated heterocycles. The molecule has 1 aromatic heterocycles. The zero-order valence-corrected chi connectivity index (χ0v) is 11.1. The summed E-state index contributed by atoms with van der Waals surface area (Å²) in [6.07, 6.45) is 0. The lowest BCUT2D eigenvalue weighted by atomic mass is 10.1. The van der Waals surface area contributed by atoms with Crippen LogP contribution in [0.4, 0.5) is 0 Å². The molecule has 0 fully saturated rings. The van der Waals surface area contributed by atoms with Gasteiger partial charge in [-0.1, -0.05) is 11.3 Å². The summed E-state index contributed by atoms with van der Waals surface area (Å²) in [5.41, 5.74) is -0.359. The monoisotopic (exact) mass is 245 g/mol. The van der Waals surface area contributed by atoms with Gasteiger partial charge >= 0.3 is 0 Å². The Kier molecular flexibility index (Phi) is 5.27. The number of methoxy groups -OCH3 is 2. The first-order chi connectivity index (χ1) is 7.60. The molecule has 0 aromatic carbocycles. The molecule has 1 aromatic rings. The zero-order valence-electron chi connectivity index (χ0n) is 10.2. The van der Waals surface area contributed by atoms with Gasteiger partial charge in [-0.15, -0.1) is 10.2 Å². The summed E-state index contributed by atoms with van der Waals surface area (Å²) in [6, 6.07) is 0. The summed E-state index contributed by atoms with van der Waals surface area (Å²) >= 11 is 1.57. The van der Waals surface area contributed by atoms with Gasteiger partial charge in [0.15, 0.2) is 0 Å². The summed E-state index contributed by atoms with van der Waals surface area (Å²) in [4.78, 5) is 0.